The number of carboxylic acid groups (broad SMARTS) is 2. The van der Waals surface area contributed by atoms with Gasteiger partial charge in [0.1, 0.15) is 18.1 Å². The maximum absolute atomic E-state index is 13.1. The van der Waals surface area contributed by atoms with Gasteiger partial charge in [0, 0.05) is 6.54 Å². The summed E-state index contributed by atoms with van der Waals surface area (Å²) in [5.74, 6) is -5.32. The van der Waals surface area contributed by atoms with Crippen LogP contribution in [0.3, 0.4) is 0 Å². The van der Waals surface area contributed by atoms with E-state index in [-0.39, 0.29) is 31.8 Å². The zero-order valence-electron chi connectivity index (χ0n) is 21.6. The van der Waals surface area contributed by atoms with Crippen LogP contribution in [0.25, 0.3) is 0 Å². The summed E-state index contributed by atoms with van der Waals surface area (Å²) in [6, 6.07) is -4.89. The second-order valence-electron chi connectivity index (χ2n) is 8.74. The predicted octanol–water partition coefficient (Wildman–Crippen LogP) is -3.36. The molecule has 38 heavy (non-hydrogen) atoms. The van der Waals surface area contributed by atoms with Gasteiger partial charge in [-0.25, -0.2) is 4.79 Å². The molecule has 3 amide bonds. The van der Waals surface area contributed by atoms with E-state index in [4.69, 9.17) is 33.8 Å². The van der Waals surface area contributed by atoms with Gasteiger partial charge in [-0.2, -0.15) is 0 Å². The lowest BCUT2D eigenvalue weighted by molar-refractivity contribution is -0.147. The van der Waals surface area contributed by atoms with Crippen LogP contribution in [-0.4, -0.2) is 89.6 Å². The Kier molecular flexibility index (Phi) is 17.8. The number of rotatable bonds is 21. The van der Waals surface area contributed by atoms with Gasteiger partial charge in [-0.05, 0) is 58.0 Å². The van der Waals surface area contributed by atoms with E-state index in [9.17, 15) is 29.1 Å². The van der Waals surface area contributed by atoms with Crippen molar-refractivity contribution < 1.29 is 34.2 Å². The fourth-order valence-electron chi connectivity index (χ4n) is 3.37. The molecule has 0 aliphatic heterocycles. The Morgan fingerprint density at radius 3 is 1.63 bits per heavy atom. The van der Waals surface area contributed by atoms with Crippen LogP contribution in [0.15, 0.2) is 4.99 Å². The van der Waals surface area contributed by atoms with E-state index >= 15 is 0 Å². The van der Waals surface area contributed by atoms with Crippen molar-refractivity contribution in [1.29, 1.82) is 0 Å². The molecule has 0 aromatic heterocycles. The minimum Gasteiger partial charge on any atom is -0.481 e. The lowest BCUT2D eigenvalue weighted by Crippen LogP contribution is -2.57. The summed E-state index contributed by atoms with van der Waals surface area (Å²) in [7, 11) is 0. The van der Waals surface area contributed by atoms with E-state index in [1.807, 2.05) is 0 Å². The molecule has 0 aromatic rings. The number of carbonyl (C=O) groups is 5. The van der Waals surface area contributed by atoms with Crippen molar-refractivity contribution in [1.82, 2.24) is 16.0 Å². The van der Waals surface area contributed by atoms with E-state index in [1.165, 1.54) is 0 Å². The van der Waals surface area contributed by atoms with Crippen molar-refractivity contribution in [3.63, 3.8) is 0 Å². The molecule has 0 aliphatic rings. The number of nitrogens with two attached hydrogens (primary N) is 5. The maximum Gasteiger partial charge on any atom is 0.326 e. The molecular weight excluding hydrogens is 502 g/mol. The highest BCUT2D eigenvalue weighted by Crippen LogP contribution is 2.07. The average Bonchev–Trinajstić information content (AvgIpc) is 2.84. The molecule has 4 unspecified atom stereocenters. The summed E-state index contributed by atoms with van der Waals surface area (Å²) in [6.07, 6.45) is 2.35. The number of guanidine groups is 1. The smallest absolute Gasteiger partial charge is 0.326 e. The Morgan fingerprint density at radius 1 is 0.684 bits per heavy atom. The number of hydrogen-bond donors (Lipinski definition) is 10. The van der Waals surface area contributed by atoms with Gasteiger partial charge in [0.25, 0.3) is 0 Å². The predicted molar refractivity (Wildman–Crippen MR) is 139 cm³/mol. The van der Waals surface area contributed by atoms with Crippen LogP contribution in [0.2, 0.25) is 0 Å². The van der Waals surface area contributed by atoms with Gasteiger partial charge in [-0.15, -0.1) is 0 Å². The number of amides is 3. The Morgan fingerprint density at radius 2 is 1.16 bits per heavy atom. The molecule has 218 valence electrons. The van der Waals surface area contributed by atoms with Crippen molar-refractivity contribution in [2.24, 2.45) is 33.7 Å². The second kappa shape index (κ2) is 19.6. The highest BCUT2D eigenvalue weighted by atomic mass is 16.4. The first-order valence-corrected chi connectivity index (χ1v) is 12.5. The topological polar surface area (TPSA) is 304 Å². The Bertz CT molecular complexity index is 806. The van der Waals surface area contributed by atoms with Crippen molar-refractivity contribution in [2.45, 2.75) is 82.0 Å². The van der Waals surface area contributed by atoms with Crippen molar-refractivity contribution in [3.8, 4) is 0 Å². The van der Waals surface area contributed by atoms with Crippen LogP contribution >= 0.6 is 0 Å². The Balaban J connectivity index is 5.61. The number of unbranched alkanes of at least 4 members (excludes halogenated alkanes) is 2. The normalized spacial score (nSPS) is 13.9. The van der Waals surface area contributed by atoms with E-state index in [2.05, 4.69) is 20.9 Å². The molecule has 4 atom stereocenters. The lowest BCUT2D eigenvalue weighted by Gasteiger charge is -2.25. The van der Waals surface area contributed by atoms with Gasteiger partial charge in [0.05, 0.1) is 12.5 Å². The molecule has 0 aliphatic carbocycles. The van der Waals surface area contributed by atoms with Gasteiger partial charge in [-0.3, -0.25) is 24.2 Å². The molecule has 16 heteroatoms. The molecule has 0 bridgehead atoms. The molecule has 0 saturated carbocycles. The molecule has 0 fully saturated rings. The Labute approximate surface area is 221 Å². The third-order valence-electron chi connectivity index (χ3n) is 5.46. The monoisotopic (exact) mass is 545 g/mol. The molecule has 0 spiro atoms. The van der Waals surface area contributed by atoms with Gasteiger partial charge in [0.15, 0.2) is 5.96 Å². The molecule has 16 nitrogen and oxygen atoms in total. The maximum atomic E-state index is 13.1. The van der Waals surface area contributed by atoms with Gasteiger partial charge < -0.3 is 54.8 Å². The number of nitrogens with zero attached hydrogens (tertiary/aromatic N) is 1. The van der Waals surface area contributed by atoms with Gasteiger partial charge in [0.2, 0.25) is 17.7 Å². The summed E-state index contributed by atoms with van der Waals surface area (Å²) < 4.78 is 0. The zero-order valence-corrected chi connectivity index (χ0v) is 21.6. The van der Waals surface area contributed by atoms with Crippen LogP contribution in [0, 0.1) is 0 Å². The number of hydrogen-bond acceptors (Lipinski definition) is 9. The lowest BCUT2D eigenvalue weighted by atomic mass is 10.0. The van der Waals surface area contributed by atoms with Crippen LogP contribution in [0.5, 0.6) is 0 Å². The summed E-state index contributed by atoms with van der Waals surface area (Å²) in [6.45, 7) is 0.949. The SMILES string of the molecule is NCCCCC(N)C(=O)NC(CCCCN)C(=O)NC(CCCN=C(N)N)C(=O)NC(CC(=O)O)C(=O)O. The first-order valence-electron chi connectivity index (χ1n) is 12.5. The quantitative estimate of drug-likeness (QED) is 0.0384. The highest BCUT2D eigenvalue weighted by molar-refractivity contribution is 5.94. The van der Waals surface area contributed by atoms with E-state index in [1.54, 1.807) is 0 Å². The largest absolute Gasteiger partial charge is 0.481 e. The average molecular weight is 546 g/mol. The summed E-state index contributed by atoms with van der Waals surface area (Å²) >= 11 is 0. The van der Waals surface area contributed by atoms with Crippen molar-refractivity contribution >= 4 is 35.6 Å². The van der Waals surface area contributed by atoms with Crippen molar-refractivity contribution in [2.75, 3.05) is 19.6 Å². The number of nitrogens with one attached hydrogen (secondary N) is 3. The van der Waals surface area contributed by atoms with Crippen LogP contribution < -0.4 is 44.6 Å². The van der Waals surface area contributed by atoms with Gasteiger partial charge in [-0.1, -0.05) is 6.42 Å². The minimum atomic E-state index is -1.72. The van der Waals surface area contributed by atoms with E-state index in [0.29, 0.717) is 45.2 Å². The molecule has 15 N–H and O–H groups in total. The number of carboxylic acids is 2. The van der Waals surface area contributed by atoms with Crippen LogP contribution in [-0.2, 0) is 24.0 Å². The molecule has 0 aromatic carbocycles. The fourth-order valence-corrected chi connectivity index (χ4v) is 3.37. The summed E-state index contributed by atoms with van der Waals surface area (Å²) in [4.78, 5) is 64.8. The zero-order chi connectivity index (χ0) is 29.1. The first kappa shape index (κ1) is 34.5. The first-order chi connectivity index (χ1) is 17.9. The third kappa shape index (κ3) is 15.6. The third-order valence-corrected chi connectivity index (χ3v) is 5.46. The number of aliphatic carboxylic acids is 2. The summed E-state index contributed by atoms with van der Waals surface area (Å²) in [5.41, 5.74) is 27.5. The van der Waals surface area contributed by atoms with E-state index < -0.39 is 60.2 Å². The Hall–Kier alpha value is -3.50. The molecule has 0 rings (SSSR count). The molecule has 0 saturated heterocycles. The second-order valence-corrected chi connectivity index (χ2v) is 8.74. The molecule has 0 heterocycles. The molecule has 0 radical (unpaired) electrons. The number of aliphatic imine (C=N–C) groups is 1. The minimum absolute atomic E-state index is 0.00413. The van der Waals surface area contributed by atoms with Crippen LogP contribution in [0.1, 0.15) is 57.8 Å². The number of carbonyl (C=O) groups excluding carboxylic acids is 3. The van der Waals surface area contributed by atoms with Crippen LogP contribution in [0.4, 0.5) is 0 Å². The standard InChI is InChI=1S/C22H43N9O7/c23-9-3-1-6-13(25)18(34)29-14(7-2-4-10-24)19(35)30-15(8-5-11-28-22(26)27)20(36)31-16(21(37)38)12-17(32)33/h13-16H,1-12,23-25H2,(H,29,34)(H,30,35)(H,31,36)(H,32,33)(H,37,38)(H4,26,27,28). The highest BCUT2D eigenvalue weighted by Gasteiger charge is 2.30. The fraction of sp³-hybridized carbons (Fsp3) is 0.727. The van der Waals surface area contributed by atoms with Crippen molar-refractivity contribution in [3.05, 3.63) is 0 Å². The summed E-state index contributed by atoms with van der Waals surface area (Å²) in [5, 5.41) is 25.5. The molecular formula is C22H43N9O7. The van der Waals surface area contributed by atoms with E-state index in [0.717, 1.165) is 0 Å². The van der Waals surface area contributed by atoms with Gasteiger partial charge >= 0.3 is 11.9 Å².